The van der Waals surface area contributed by atoms with Crippen LogP contribution in [0.25, 0.3) is 11.5 Å². The number of hydrogen-bond donors (Lipinski definition) is 0. The lowest BCUT2D eigenvalue weighted by Crippen LogP contribution is -1.99. The van der Waals surface area contributed by atoms with Crippen molar-refractivity contribution in [3.8, 4) is 28.7 Å². The molecule has 0 N–H and O–H groups in total. The van der Waals surface area contributed by atoms with Crippen molar-refractivity contribution in [2.75, 3.05) is 27.1 Å². The van der Waals surface area contributed by atoms with Crippen molar-refractivity contribution >= 4 is 17.5 Å². The average Bonchev–Trinajstić information content (AvgIpc) is 3.25. The summed E-state index contributed by atoms with van der Waals surface area (Å²) in [7, 11) is 4.59. The fourth-order valence-corrected chi connectivity index (χ4v) is 3.46. The smallest absolute Gasteiger partial charge is 0.276 e. The van der Waals surface area contributed by atoms with E-state index in [0.717, 1.165) is 0 Å². The number of rotatable bonds is 10. The molecule has 3 aromatic rings. The monoisotopic (exact) mass is 432 g/mol. The predicted molar refractivity (Wildman–Crippen MR) is 110 cm³/mol. The third kappa shape index (κ3) is 5.10. The Morgan fingerprint density at radius 3 is 2.30 bits per heavy atom. The minimum absolute atomic E-state index is 0.0285. The first-order valence-corrected chi connectivity index (χ1v) is 10.1. The number of nitrogens with zero attached hydrogens (tertiary/aromatic N) is 2. The third-order valence-electron chi connectivity index (χ3n) is 4.26. The van der Waals surface area contributed by atoms with Crippen LogP contribution in [-0.2, 0) is 0 Å². The topological polar surface area (TPSA) is 83.7 Å². The van der Waals surface area contributed by atoms with Crippen LogP contribution in [0.15, 0.2) is 46.0 Å². The van der Waals surface area contributed by atoms with E-state index in [1.54, 1.807) is 12.1 Å². The number of Topliss-reactive ketones (excluding diaryl/α,β-unsaturated/α-hetero) is 1. The van der Waals surface area contributed by atoms with Gasteiger partial charge in [0.05, 0.1) is 21.3 Å². The first-order valence-electron chi connectivity index (χ1n) is 9.11. The van der Waals surface area contributed by atoms with Crippen molar-refractivity contribution in [2.45, 2.75) is 18.1 Å². The fraction of sp³-hybridized carbons (Fsp3) is 0.286. The number of thioether (sulfide) groups is 1. The molecule has 0 aliphatic carbocycles. The molecule has 2 aromatic carbocycles. The van der Waals surface area contributed by atoms with Gasteiger partial charge >= 0.3 is 0 Å². The molecule has 0 bridgehead atoms. The van der Waals surface area contributed by atoms with Crippen molar-refractivity contribution in [1.82, 2.24) is 10.2 Å². The zero-order chi connectivity index (χ0) is 21.5. The van der Waals surface area contributed by atoms with Gasteiger partial charge in [-0.1, -0.05) is 11.8 Å². The second-order valence-corrected chi connectivity index (χ2v) is 7.22. The minimum atomic E-state index is -0.360. The molecule has 0 aliphatic rings. The summed E-state index contributed by atoms with van der Waals surface area (Å²) in [6, 6.07) is 9.00. The molecule has 7 nitrogen and oxygen atoms in total. The van der Waals surface area contributed by atoms with Gasteiger partial charge in [-0.15, -0.1) is 10.2 Å². The van der Waals surface area contributed by atoms with Crippen molar-refractivity contribution in [3.63, 3.8) is 0 Å². The summed E-state index contributed by atoms with van der Waals surface area (Å²) in [4.78, 5) is 12.1. The number of ketones is 1. The number of benzene rings is 2. The first kappa shape index (κ1) is 21.6. The van der Waals surface area contributed by atoms with E-state index in [1.165, 1.54) is 57.4 Å². The molecule has 0 fully saturated rings. The summed E-state index contributed by atoms with van der Waals surface area (Å²) in [5.74, 6) is 2.00. The number of methoxy groups -OCH3 is 3. The molecule has 9 heteroatoms. The molecule has 0 saturated heterocycles. The van der Waals surface area contributed by atoms with Gasteiger partial charge in [0.1, 0.15) is 5.82 Å². The van der Waals surface area contributed by atoms with Crippen molar-refractivity contribution in [2.24, 2.45) is 0 Å². The summed E-state index contributed by atoms with van der Waals surface area (Å²) in [5.41, 5.74) is 1.14. The Balaban J connectivity index is 1.59. The van der Waals surface area contributed by atoms with Gasteiger partial charge in [-0.05, 0) is 42.8 Å². The van der Waals surface area contributed by atoms with E-state index in [2.05, 4.69) is 10.2 Å². The van der Waals surface area contributed by atoms with Crippen LogP contribution in [0.4, 0.5) is 4.39 Å². The molecule has 0 unspecified atom stereocenters. The van der Waals surface area contributed by atoms with Gasteiger partial charge in [-0.2, -0.15) is 0 Å². The van der Waals surface area contributed by atoms with Gasteiger partial charge in [-0.25, -0.2) is 4.39 Å². The summed E-state index contributed by atoms with van der Waals surface area (Å²) in [6.45, 7) is 0. The van der Waals surface area contributed by atoms with Crippen LogP contribution in [0.1, 0.15) is 23.2 Å². The van der Waals surface area contributed by atoms with Crippen LogP contribution in [0.3, 0.4) is 0 Å². The Hall–Kier alpha value is -3.07. The van der Waals surface area contributed by atoms with E-state index in [4.69, 9.17) is 18.6 Å². The number of ether oxygens (including phenoxy) is 3. The summed E-state index contributed by atoms with van der Waals surface area (Å²) in [6.07, 6.45) is 0.981. The molecule has 1 heterocycles. The molecule has 30 heavy (non-hydrogen) atoms. The van der Waals surface area contributed by atoms with Gasteiger partial charge < -0.3 is 18.6 Å². The van der Waals surface area contributed by atoms with Crippen LogP contribution >= 0.6 is 11.8 Å². The maximum absolute atomic E-state index is 12.9. The van der Waals surface area contributed by atoms with Crippen LogP contribution in [0.5, 0.6) is 17.2 Å². The Kier molecular flexibility index (Phi) is 7.29. The highest BCUT2D eigenvalue weighted by atomic mass is 32.2. The number of halogens is 1. The normalized spacial score (nSPS) is 10.7. The lowest BCUT2D eigenvalue weighted by Gasteiger charge is -2.12. The van der Waals surface area contributed by atoms with Crippen molar-refractivity contribution in [3.05, 3.63) is 47.8 Å². The standard InChI is InChI=1S/C21H21FN2O5S/c1-26-17-11-14(12-18(27-2)19(17)28-3)20-23-24-21(29-20)30-10-4-5-16(25)13-6-8-15(22)9-7-13/h6-9,11-12H,4-5,10H2,1-3H3. The molecule has 0 aliphatic heterocycles. The Morgan fingerprint density at radius 2 is 1.70 bits per heavy atom. The molecule has 0 spiro atoms. The van der Waals surface area contributed by atoms with Crippen LogP contribution in [0.2, 0.25) is 0 Å². The molecule has 0 atom stereocenters. The number of aromatic nitrogens is 2. The van der Waals surface area contributed by atoms with Crippen LogP contribution in [-0.4, -0.2) is 43.1 Å². The van der Waals surface area contributed by atoms with E-state index in [-0.39, 0.29) is 11.6 Å². The van der Waals surface area contributed by atoms with Crippen molar-refractivity contribution < 1.29 is 27.8 Å². The number of hydrogen-bond acceptors (Lipinski definition) is 8. The zero-order valence-corrected chi connectivity index (χ0v) is 17.6. The molecule has 0 radical (unpaired) electrons. The summed E-state index contributed by atoms with van der Waals surface area (Å²) < 4.78 is 34.6. The van der Waals surface area contributed by atoms with Gasteiger partial charge in [-0.3, -0.25) is 4.79 Å². The molecule has 0 amide bonds. The van der Waals surface area contributed by atoms with Crippen LogP contribution in [0, 0.1) is 5.82 Å². The van der Waals surface area contributed by atoms with E-state index in [0.29, 0.717) is 58.1 Å². The molecule has 0 saturated carbocycles. The largest absolute Gasteiger partial charge is 0.493 e. The molecular weight excluding hydrogens is 411 g/mol. The predicted octanol–water partition coefficient (Wildman–Crippen LogP) is 4.66. The second kappa shape index (κ2) is 10.1. The quantitative estimate of drug-likeness (QED) is 0.260. The van der Waals surface area contributed by atoms with E-state index in [9.17, 15) is 9.18 Å². The van der Waals surface area contributed by atoms with Gasteiger partial charge in [0.25, 0.3) is 5.22 Å². The Labute approximate surface area is 177 Å². The van der Waals surface area contributed by atoms with E-state index >= 15 is 0 Å². The van der Waals surface area contributed by atoms with Crippen molar-refractivity contribution in [1.29, 1.82) is 0 Å². The molecule has 3 rings (SSSR count). The lowest BCUT2D eigenvalue weighted by atomic mass is 10.1. The average molecular weight is 432 g/mol. The first-order chi connectivity index (χ1) is 14.5. The number of carbonyl (C=O) groups excluding carboxylic acids is 1. The Bertz CT molecular complexity index is 982. The zero-order valence-electron chi connectivity index (χ0n) is 16.8. The minimum Gasteiger partial charge on any atom is -0.493 e. The SMILES string of the molecule is COc1cc(-c2nnc(SCCCC(=O)c3ccc(F)cc3)o2)cc(OC)c1OC. The number of carbonyl (C=O) groups is 1. The van der Waals surface area contributed by atoms with E-state index < -0.39 is 0 Å². The van der Waals surface area contributed by atoms with Crippen LogP contribution < -0.4 is 14.2 Å². The van der Waals surface area contributed by atoms with Gasteiger partial charge in [0.2, 0.25) is 11.6 Å². The fourth-order valence-electron chi connectivity index (χ4n) is 2.76. The highest BCUT2D eigenvalue weighted by molar-refractivity contribution is 7.99. The lowest BCUT2D eigenvalue weighted by molar-refractivity contribution is 0.0982. The highest BCUT2D eigenvalue weighted by Gasteiger charge is 2.17. The molecular formula is C21H21FN2O5S. The second-order valence-electron chi connectivity index (χ2n) is 6.17. The summed E-state index contributed by atoms with van der Waals surface area (Å²) >= 11 is 1.36. The highest BCUT2D eigenvalue weighted by Crippen LogP contribution is 2.41. The maximum atomic E-state index is 12.9. The van der Waals surface area contributed by atoms with E-state index in [1.807, 2.05) is 0 Å². The maximum Gasteiger partial charge on any atom is 0.276 e. The molecule has 158 valence electrons. The third-order valence-corrected chi connectivity index (χ3v) is 5.16. The van der Waals surface area contributed by atoms with Gasteiger partial charge in [0, 0.05) is 23.3 Å². The molecule has 1 aromatic heterocycles. The van der Waals surface area contributed by atoms with Gasteiger partial charge in [0.15, 0.2) is 17.3 Å². The summed E-state index contributed by atoms with van der Waals surface area (Å²) in [5, 5.41) is 8.50. The Morgan fingerprint density at radius 1 is 1.03 bits per heavy atom.